The van der Waals surface area contributed by atoms with Gasteiger partial charge < -0.3 is 4.90 Å². The summed E-state index contributed by atoms with van der Waals surface area (Å²) in [5, 5.41) is 0. The Balaban J connectivity index is 1.33. The van der Waals surface area contributed by atoms with Gasteiger partial charge in [0.1, 0.15) is 5.82 Å². The maximum absolute atomic E-state index is 13.4. The third-order valence-corrected chi connectivity index (χ3v) is 8.58. The Kier molecular flexibility index (Phi) is 6.22. The van der Waals surface area contributed by atoms with Crippen molar-refractivity contribution in [3.05, 3.63) is 30.1 Å². The molecule has 0 unspecified atom stereocenters. The fraction of sp³-hybridized carbons (Fsp3) is 0.667. The number of halogens is 1. The topological polar surface area (TPSA) is 60.9 Å². The van der Waals surface area contributed by atoms with Gasteiger partial charge in [0.15, 0.2) is 0 Å². The summed E-state index contributed by atoms with van der Waals surface area (Å²) in [7, 11) is -3.70. The Morgan fingerprint density at radius 2 is 1.72 bits per heavy atom. The van der Waals surface area contributed by atoms with Gasteiger partial charge in [-0.3, -0.25) is 9.69 Å². The van der Waals surface area contributed by atoms with E-state index < -0.39 is 15.8 Å². The molecule has 2 atom stereocenters. The lowest BCUT2D eigenvalue weighted by Crippen LogP contribution is -2.55. The predicted octanol–water partition coefficient (Wildman–Crippen LogP) is 2.31. The monoisotopic (exact) mass is 423 g/mol. The highest BCUT2D eigenvalue weighted by molar-refractivity contribution is 7.89. The van der Waals surface area contributed by atoms with Crippen molar-refractivity contribution in [2.45, 2.75) is 49.5 Å². The van der Waals surface area contributed by atoms with E-state index in [2.05, 4.69) is 4.90 Å². The smallest absolute Gasteiger partial charge is 0.243 e. The molecule has 0 aromatic heterocycles. The molecule has 2 heterocycles. The molecule has 4 rings (SSSR count). The Bertz CT molecular complexity index is 837. The van der Waals surface area contributed by atoms with E-state index in [1.165, 1.54) is 48.2 Å². The molecular weight excluding hydrogens is 393 g/mol. The minimum Gasteiger partial charge on any atom is -0.338 e. The molecule has 3 aliphatic rings. The predicted molar refractivity (Wildman–Crippen MR) is 108 cm³/mol. The molecule has 3 fully saturated rings. The lowest BCUT2D eigenvalue weighted by molar-refractivity contribution is -0.139. The van der Waals surface area contributed by atoms with Crippen LogP contribution in [0.1, 0.15) is 38.5 Å². The van der Waals surface area contributed by atoms with Crippen molar-refractivity contribution < 1.29 is 17.6 Å². The number of hydrogen-bond acceptors (Lipinski definition) is 4. The third-order valence-electron chi connectivity index (χ3n) is 6.69. The minimum absolute atomic E-state index is 0.0151. The van der Waals surface area contributed by atoms with Crippen molar-refractivity contribution in [1.82, 2.24) is 14.1 Å². The molecule has 1 saturated carbocycles. The molecule has 0 radical (unpaired) electrons. The van der Waals surface area contributed by atoms with E-state index in [4.69, 9.17) is 0 Å². The SMILES string of the molecule is O=C(CN1CCN(S(=O)(=O)c2cccc(F)c2)CC1)N1CCC[C@@H]2CCCC[C@@H]21. The fourth-order valence-electron chi connectivity index (χ4n) is 5.12. The van der Waals surface area contributed by atoms with Crippen molar-refractivity contribution in [1.29, 1.82) is 0 Å². The molecule has 6 nitrogen and oxygen atoms in total. The van der Waals surface area contributed by atoms with Gasteiger partial charge in [-0.25, -0.2) is 12.8 Å². The lowest BCUT2D eigenvalue weighted by Gasteiger charge is -2.45. The largest absolute Gasteiger partial charge is 0.338 e. The summed E-state index contributed by atoms with van der Waals surface area (Å²) in [6.45, 7) is 2.88. The van der Waals surface area contributed by atoms with Crippen molar-refractivity contribution in [3.63, 3.8) is 0 Å². The second-order valence-electron chi connectivity index (χ2n) is 8.48. The van der Waals surface area contributed by atoms with Crippen LogP contribution in [0.3, 0.4) is 0 Å². The Morgan fingerprint density at radius 3 is 2.48 bits per heavy atom. The standard InChI is InChI=1S/C21H30FN3O3S/c22-18-7-3-8-19(15-18)29(27,28)24-13-11-23(12-14-24)16-21(26)25-10-4-6-17-5-1-2-9-20(17)25/h3,7-8,15,17,20H,1-2,4-6,9-14,16H2/t17-,20-/m0/s1. The lowest BCUT2D eigenvalue weighted by atomic mass is 9.78. The number of hydrogen-bond donors (Lipinski definition) is 0. The van der Waals surface area contributed by atoms with Crippen LogP contribution in [0.2, 0.25) is 0 Å². The number of carbonyl (C=O) groups excluding carboxylic acids is 1. The summed E-state index contributed by atoms with van der Waals surface area (Å²) in [5.41, 5.74) is 0. The number of sulfonamides is 1. The second kappa shape index (κ2) is 8.70. The van der Waals surface area contributed by atoms with E-state index in [1.807, 2.05) is 4.90 Å². The highest BCUT2D eigenvalue weighted by atomic mass is 32.2. The summed E-state index contributed by atoms with van der Waals surface area (Å²) < 4.78 is 40.3. The van der Waals surface area contributed by atoms with E-state index >= 15 is 0 Å². The highest BCUT2D eigenvalue weighted by Gasteiger charge is 2.36. The summed E-state index contributed by atoms with van der Waals surface area (Å²) in [4.78, 5) is 17.1. The summed E-state index contributed by atoms with van der Waals surface area (Å²) in [5.74, 6) is 0.288. The molecule has 160 valence electrons. The quantitative estimate of drug-likeness (QED) is 0.746. The van der Waals surface area contributed by atoms with Gasteiger partial charge in [-0.15, -0.1) is 0 Å². The van der Waals surface area contributed by atoms with Gasteiger partial charge in [-0.2, -0.15) is 4.31 Å². The maximum Gasteiger partial charge on any atom is 0.243 e. The van der Waals surface area contributed by atoms with Crippen LogP contribution in [0, 0.1) is 11.7 Å². The number of piperidine rings is 1. The van der Waals surface area contributed by atoms with Crippen LogP contribution in [0.15, 0.2) is 29.2 Å². The van der Waals surface area contributed by atoms with Gasteiger partial charge in [0, 0.05) is 38.8 Å². The van der Waals surface area contributed by atoms with Crippen molar-refractivity contribution in [2.75, 3.05) is 39.3 Å². The molecule has 1 aliphatic carbocycles. The number of likely N-dealkylation sites (tertiary alicyclic amines) is 1. The second-order valence-corrected chi connectivity index (χ2v) is 10.4. The molecule has 2 aliphatic heterocycles. The van der Waals surface area contributed by atoms with Crippen molar-refractivity contribution in [3.8, 4) is 0 Å². The van der Waals surface area contributed by atoms with Crippen LogP contribution in [0.25, 0.3) is 0 Å². The van der Waals surface area contributed by atoms with E-state index in [1.54, 1.807) is 0 Å². The van der Waals surface area contributed by atoms with Crippen molar-refractivity contribution >= 4 is 15.9 Å². The summed E-state index contributed by atoms with van der Waals surface area (Å²) in [6.07, 6.45) is 7.19. The van der Waals surface area contributed by atoms with Gasteiger partial charge in [0.2, 0.25) is 15.9 Å². The highest BCUT2D eigenvalue weighted by Crippen LogP contribution is 2.35. The van der Waals surface area contributed by atoms with Crippen LogP contribution in [-0.4, -0.2) is 73.7 Å². The zero-order chi connectivity index (χ0) is 20.4. The maximum atomic E-state index is 13.4. The summed E-state index contributed by atoms with van der Waals surface area (Å²) >= 11 is 0. The van der Waals surface area contributed by atoms with Gasteiger partial charge in [0.25, 0.3) is 0 Å². The number of nitrogens with zero attached hydrogens (tertiary/aromatic N) is 3. The molecule has 2 saturated heterocycles. The van der Waals surface area contributed by atoms with Crippen molar-refractivity contribution in [2.24, 2.45) is 5.92 Å². The van der Waals surface area contributed by atoms with Crippen LogP contribution < -0.4 is 0 Å². The first-order valence-corrected chi connectivity index (χ1v) is 12.2. The number of amides is 1. The Labute approximate surface area is 172 Å². The van der Waals surface area contributed by atoms with Gasteiger partial charge in [-0.05, 0) is 49.8 Å². The van der Waals surface area contributed by atoms with Crippen LogP contribution in [0.4, 0.5) is 4.39 Å². The zero-order valence-electron chi connectivity index (χ0n) is 16.8. The average molecular weight is 424 g/mol. The van der Waals surface area contributed by atoms with Gasteiger partial charge in [0.05, 0.1) is 11.4 Å². The number of piperazine rings is 1. The van der Waals surface area contributed by atoms with E-state index in [0.29, 0.717) is 44.7 Å². The molecule has 0 N–H and O–H groups in total. The summed E-state index contributed by atoms with van der Waals surface area (Å²) in [6, 6.07) is 5.53. The van der Waals surface area contributed by atoms with Crippen LogP contribution in [-0.2, 0) is 14.8 Å². The molecule has 0 spiro atoms. The molecular formula is C21H30FN3O3S. The third kappa shape index (κ3) is 4.49. The van der Waals surface area contributed by atoms with Crippen LogP contribution >= 0.6 is 0 Å². The van der Waals surface area contributed by atoms with Gasteiger partial charge >= 0.3 is 0 Å². The van der Waals surface area contributed by atoms with E-state index in [9.17, 15) is 17.6 Å². The molecule has 1 aromatic rings. The molecule has 1 aromatic carbocycles. The van der Waals surface area contributed by atoms with E-state index in [0.717, 1.165) is 25.5 Å². The average Bonchev–Trinajstić information content (AvgIpc) is 2.73. The first-order chi connectivity index (χ1) is 13.9. The number of fused-ring (bicyclic) bond motifs is 1. The minimum atomic E-state index is -3.70. The normalized spacial score (nSPS) is 26.9. The van der Waals surface area contributed by atoms with E-state index in [-0.39, 0.29) is 10.8 Å². The molecule has 1 amide bonds. The van der Waals surface area contributed by atoms with Crippen LogP contribution in [0.5, 0.6) is 0 Å². The Hall–Kier alpha value is -1.51. The fourth-order valence-corrected chi connectivity index (χ4v) is 6.58. The number of benzene rings is 1. The first kappa shape index (κ1) is 20.8. The molecule has 8 heteroatoms. The van der Waals surface area contributed by atoms with Gasteiger partial charge in [-0.1, -0.05) is 18.9 Å². The molecule has 29 heavy (non-hydrogen) atoms. The zero-order valence-corrected chi connectivity index (χ0v) is 17.6. The Morgan fingerprint density at radius 1 is 1.00 bits per heavy atom. The first-order valence-electron chi connectivity index (χ1n) is 10.7. The molecule has 0 bridgehead atoms. The number of carbonyl (C=O) groups is 1. The number of rotatable bonds is 4.